The van der Waals surface area contributed by atoms with E-state index in [0.717, 1.165) is 0 Å². The van der Waals surface area contributed by atoms with Gasteiger partial charge in [-0.15, -0.1) is 0 Å². The molecule has 24 nitrogen and oxygen atoms in total. The van der Waals surface area contributed by atoms with Gasteiger partial charge in [-0.05, 0) is 190 Å². The summed E-state index contributed by atoms with van der Waals surface area (Å²) in [5, 5.41) is 1.33. The molecular weight excluding hydrogens is 1600 g/mol. The number of pyridine rings is 2. The molecule has 6 fully saturated rings. The van der Waals surface area contributed by atoms with Crippen LogP contribution in [0.2, 0.25) is 0 Å². The number of fused-ring (bicyclic) bond motifs is 6. The molecule has 8 aliphatic rings. The lowest BCUT2D eigenvalue weighted by Crippen LogP contribution is -2.49. The molecule has 6 heterocycles. The number of hydrogen-bond acceptors (Lipinski definition) is 20. The second-order valence-corrected chi connectivity index (χ2v) is 38.3. The highest BCUT2D eigenvalue weighted by Gasteiger charge is 2.65. The van der Waals surface area contributed by atoms with Crippen LogP contribution in [0.1, 0.15) is 206 Å². The van der Waals surface area contributed by atoms with E-state index in [1.165, 1.54) is 72.8 Å². The highest BCUT2D eigenvalue weighted by molar-refractivity contribution is 7.92. The van der Waals surface area contributed by atoms with Crippen LogP contribution in [0.25, 0.3) is 21.5 Å². The number of alkyl halides is 6. The Morgan fingerprint density at radius 3 is 1.25 bits per heavy atom. The maximum Gasteiger partial charge on any atom is 0.427 e. The maximum absolute atomic E-state index is 15.0. The molecule has 0 unspecified atom stereocenters. The number of amides is 4. The van der Waals surface area contributed by atoms with Crippen LogP contribution >= 0.6 is 0 Å². The minimum atomic E-state index is -4.92. The normalized spacial score (nSPS) is 30.3. The molecule has 34 heteroatoms. The molecule has 2 aromatic heterocycles. The molecular formula is C84H106F8N6O18S2. The summed E-state index contributed by atoms with van der Waals surface area (Å²) in [7, 11) is -6.68. The van der Waals surface area contributed by atoms with Gasteiger partial charge in [-0.1, -0.05) is 64.8 Å². The molecule has 2 saturated heterocycles. The van der Waals surface area contributed by atoms with E-state index in [2.05, 4.69) is 9.97 Å². The van der Waals surface area contributed by atoms with Gasteiger partial charge in [-0.2, -0.15) is 26.3 Å². The number of sulfonamides is 2. The minimum absolute atomic E-state index is 0.0438. The monoisotopic (exact) mass is 1710 g/mol. The van der Waals surface area contributed by atoms with Gasteiger partial charge in [0.15, 0.2) is 11.6 Å². The lowest BCUT2D eigenvalue weighted by molar-refractivity contribution is -0.257. The summed E-state index contributed by atoms with van der Waals surface area (Å²) >= 11 is 0. The topological polar surface area (TPSA) is 317 Å². The first kappa shape index (κ1) is 81.8. The van der Waals surface area contributed by atoms with Crippen molar-refractivity contribution in [1.29, 1.82) is 0 Å². The van der Waals surface area contributed by atoms with Gasteiger partial charge >= 0.3 is 24.3 Å². The summed E-state index contributed by atoms with van der Waals surface area (Å²) in [5.41, 5.74) is -9.01. The van der Waals surface area contributed by atoms with Crippen LogP contribution in [-0.2, 0) is 67.9 Å². The molecule has 0 radical (unpaired) electrons. The second-order valence-electron chi connectivity index (χ2n) is 34.3. The van der Waals surface area contributed by atoms with E-state index >= 15 is 9.59 Å². The summed E-state index contributed by atoms with van der Waals surface area (Å²) in [5.74, 6) is -13.1. The molecule has 4 aliphatic carbocycles. The number of Topliss-reactive ketones (excluding diaryl/α,β-unsaturated/α-hetero) is 2. The Morgan fingerprint density at radius 1 is 0.568 bits per heavy atom. The smallest absolute Gasteiger partial charge is 0.427 e. The molecule has 12 rings (SSSR count). The molecule has 14 atom stereocenters. The van der Waals surface area contributed by atoms with Gasteiger partial charge < -0.3 is 38.2 Å². The summed E-state index contributed by atoms with van der Waals surface area (Å²) in [4.78, 5) is 126. The fourth-order valence-electron chi connectivity index (χ4n) is 16.8. The third-order valence-corrected chi connectivity index (χ3v) is 28.7. The van der Waals surface area contributed by atoms with Gasteiger partial charge in [0.05, 0.1) is 108 Å². The number of ketones is 2. The van der Waals surface area contributed by atoms with Crippen molar-refractivity contribution in [1.82, 2.24) is 29.2 Å². The van der Waals surface area contributed by atoms with Crippen LogP contribution in [0.5, 0.6) is 23.3 Å². The SMILES string of the molecule is [2H]C([2H])([2H])C1(S(=O)(=O)NC(=O)[C@]23CC(=O)[C@@H]4C[C@@H](Oc5ncc(OC)c6ccc(F)cc56)CN4C(=O)[C@@H](CC(=O)OC(C)(C)C(F)(F)F)[C@H](CC)C[C@@H](C)CC/C=C\[C@@H]2C3)CC1.[2H]C([2H])([2H])C1(S(=O)(=O)NC(=O)[C@]23CC(=O)[C@@H]4C[C@@H](Oc5ncc(OC)c6ccc(F)cc56)CN4C(=O)[C@@H](CC(=O)OC(C)(C)C(F)(F)F)[C@H](CC)C[C@H](C)CC/C=C\[C@@H]2C3)CC1. The molecule has 0 spiro atoms. The fraction of sp³-hybridized carbons (Fsp3) is 0.643. The average Bonchev–Trinajstić information content (AvgIpc) is 1.55. The Bertz CT molecular complexity index is 4780. The van der Waals surface area contributed by atoms with Crippen LogP contribution in [-0.4, -0.2) is 168 Å². The van der Waals surface area contributed by atoms with E-state index in [0.29, 0.717) is 101 Å². The van der Waals surface area contributed by atoms with Crippen LogP contribution in [0.3, 0.4) is 0 Å². The Morgan fingerprint density at radius 2 is 0.932 bits per heavy atom. The van der Waals surface area contributed by atoms with Crippen LogP contribution in [0.15, 0.2) is 73.1 Å². The van der Waals surface area contributed by atoms with Crippen molar-refractivity contribution >= 4 is 88.7 Å². The highest BCUT2D eigenvalue weighted by Crippen LogP contribution is 2.60. The zero-order valence-corrected chi connectivity index (χ0v) is 69.0. The number of aromatic nitrogens is 2. The number of nitrogens with one attached hydrogen (secondary N) is 2. The Balaban J connectivity index is 0.000000241. The number of benzene rings is 2. The summed E-state index contributed by atoms with van der Waals surface area (Å²) in [6, 6.07) is 5.03. The maximum atomic E-state index is 15.0. The zero-order chi connectivity index (χ0) is 91.6. The third-order valence-electron chi connectivity index (χ3n) is 24.9. The number of carbonyl (C=O) groups excluding carboxylic acids is 8. The van der Waals surface area contributed by atoms with E-state index < -0.39 is 222 Å². The van der Waals surface area contributed by atoms with Gasteiger partial charge in [0, 0.05) is 44.7 Å². The van der Waals surface area contributed by atoms with Crippen LogP contribution in [0, 0.1) is 69.8 Å². The van der Waals surface area contributed by atoms with Crippen molar-refractivity contribution in [3.05, 3.63) is 84.7 Å². The molecule has 2 aromatic carbocycles. The summed E-state index contributed by atoms with van der Waals surface area (Å²) in [6.07, 6.45) is -2.11. The minimum Gasteiger partial charge on any atom is -0.494 e. The van der Waals surface area contributed by atoms with Crippen molar-refractivity contribution in [3.63, 3.8) is 0 Å². The Hall–Kier alpha value is -8.56. The third kappa shape index (κ3) is 19.3. The predicted molar refractivity (Wildman–Crippen MR) is 416 cm³/mol. The standard InChI is InChI=1S/2C42H53F4N3O9S/c2*1-7-25-16-24(2)10-8-9-11-26-20-41(26,38(53)48-59(54,55)40(5)14-15-40)21-33(50)32-18-28(57-36-31-17-27(43)12-13-29(31)34(56-6)22-47-36)23-49(32)37(52)30(25)19-35(51)58-39(3,4)42(44,45)46/h2*9,11-13,17,22,24-26,28,30,32H,7-8,10,14-16,18-21,23H2,1-6H3,(H,48,53)/b2*11-9-/t24-,25+,26+,28+,30-,32-,41+;24-,25-,26-,28-,30+,32+,41-/m01/s1/i2*5D3. The number of esters is 2. The molecule has 4 amide bonds. The zero-order valence-electron chi connectivity index (χ0n) is 73.4. The fourth-order valence-corrected chi connectivity index (χ4v) is 19.4. The number of halogens is 8. The number of nitrogens with zero attached hydrogens (tertiary/aromatic N) is 4. The number of methoxy groups -OCH3 is 2. The lowest BCUT2D eigenvalue weighted by atomic mass is 9.79. The van der Waals surface area contributed by atoms with Crippen molar-refractivity contribution in [2.75, 3.05) is 27.3 Å². The highest BCUT2D eigenvalue weighted by atomic mass is 32.2. The number of allylic oxidation sites excluding steroid dienone is 4. The molecule has 4 saturated carbocycles. The van der Waals surface area contributed by atoms with E-state index in [1.54, 1.807) is 26.0 Å². The van der Waals surface area contributed by atoms with E-state index in [9.17, 15) is 80.7 Å². The van der Waals surface area contributed by atoms with Gasteiger partial charge in [0.25, 0.3) is 0 Å². The lowest BCUT2D eigenvalue weighted by Gasteiger charge is -2.34. The first-order valence-electron chi connectivity index (χ1n) is 42.9. The van der Waals surface area contributed by atoms with Gasteiger partial charge in [-0.25, -0.2) is 35.6 Å². The van der Waals surface area contributed by atoms with E-state index in [-0.39, 0.29) is 98.8 Å². The van der Waals surface area contributed by atoms with Crippen LogP contribution < -0.4 is 28.4 Å². The molecule has 4 aliphatic heterocycles. The molecule has 0 bridgehead atoms. The van der Waals surface area contributed by atoms with Gasteiger partial charge in [-0.3, -0.25) is 47.8 Å². The Kier molecular flexibility index (Phi) is 23.7. The first-order chi connectivity index (χ1) is 57.6. The molecule has 118 heavy (non-hydrogen) atoms. The largest absolute Gasteiger partial charge is 0.494 e. The van der Waals surface area contributed by atoms with Gasteiger partial charge in [0.1, 0.15) is 35.3 Å². The first-order valence-corrected chi connectivity index (χ1v) is 42.8. The Labute approximate surface area is 690 Å². The van der Waals surface area contributed by atoms with E-state index in [1.807, 2.05) is 35.4 Å². The molecule has 4 aromatic rings. The summed E-state index contributed by atoms with van der Waals surface area (Å²) < 4.78 is 247. The molecule has 648 valence electrons. The number of rotatable bonds is 20. The predicted octanol–water partition coefficient (Wildman–Crippen LogP) is 14.0. The van der Waals surface area contributed by atoms with Crippen LogP contribution in [0.4, 0.5) is 35.1 Å². The van der Waals surface area contributed by atoms with Crippen molar-refractivity contribution in [2.24, 2.45) is 58.2 Å². The average molecular weight is 1710 g/mol. The second kappa shape index (κ2) is 34.2. The quantitative estimate of drug-likeness (QED) is 0.0472. The van der Waals surface area contributed by atoms with Crippen molar-refractivity contribution in [3.8, 4) is 23.3 Å². The van der Waals surface area contributed by atoms with E-state index in [4.69, 9.17) is 36.6 Å². The number of carbonyl (C=O) groups is 8. The summed E-state index contributed by atoms with van der Waals surface area (Å²) in [6.45, 7) is 3.81. The number of ether oxygens (including phenoxy) is 6. The van der Waals surface area contributed by atoms with Gasteiger partial charge in [0.2, 0.25) is 66.6 Å². The van der Waals surface area contributed by atoms with Crippen molar-refractivity contribution < 1.29 is 127 Å². The number of hydrogen-bond donors (Lipinski definition) is 2. The van der Waals surface area contributed by atoms with Crippen molar-refractivity contribution in [2.45, 2.75) is 255 Å². The molecule has 2 N–H and O–H groups in total.